The molecule has 4 amide bonds. The number of nitrogens with zero attached hydrogens (tertiary/aromatic N) is 4. The standard InChI is InChI=1S/C28H28N2O5.C21H23BrN2O3.C7H7BO4/c1-33-27(31)22-7-5-20(6-8-22)18-30(28(32)29-15-3-2-4-16-29)24-12-9-21(10-13-24)23-11-14-25-26(17-23)35-19-34-25;1-27-20(25)17-7-5-16(6-8-17)15-24(19-11-9-18(22)10-12-19)21(26)23-13-3-2-4-14-23;9-8(10)5-1-2-6-7(3-5)12-4-11-6/h5-14,17H,2-4,15-16,18-19H2,1H3;5-12H,2-4,13-15H2,1H3;1-3,9-10H,4H2. The lowest BCUT2D eigenvalue weighted by molar-refractivity contribution is 0.0592. The Labute approximate surface area is 439 Å². The monoisotopic (exact) mass is 1070 g/mol. The molecule has 4 heterocycles. The van der Waals surface area contributed by atoms with E-state index in [1.807, 2.05) is 106 Å². The van der Waals surface area contributed by atoms with Gasteiger partial charge in [-0.1, -0.05) is 64.5 Å². The Morgan fingerprint density at radius 2 is 0.919 bits per heavy atom. The zero-order valence-corrected chi connectivity index (χ0v) is 42.9. The van der Waals surface area contributed by atoms with Crippen LogP contribution in [0.2, 0.25) is 0 Å². The first-order chi connectivity index (χ1) is 36.0. The first-order valence-electron chi connectivity index (χ1n) is 24.5. The first-order valence-corrected chi connectivity index (χ1v) is 25.3. The second kappa shape index (κ2) is 25.4. The van der Waals surface area contributed by atoms with Gasteiger partial charge in [-0.05, 0) is 151 Å². The molecule has 2 N–H and O–H groups in total. The van der Waals surface area contributed by atoms with E-state index in [0.717, 1.165) is 108 Å². The molecule has 0 saturated carbocycles. The summed E-state index contributed by atoms with van der Waals surface area (Å²) in [4.78, 5) is 57.6. The average Bonchev–Trinajstić information content (AvgIpc) is 4.14. The van der Waals surface area contributed by atoms with Crippen LogP contribution in [0.15, 0.2) is 138 Å². The van der Waals surface area contributed by atoms with Gasteiger partial charge in [-0.25, -0.2) is 19.2 Å². The number of likely N-dealkylation sites (tertiary alicyclic amines) is 2. The molecular formula is C56H58BBrN4O12. The van der Waals surface area contributed by atoms with Crippen LogP contribution in [-0.2, 0) is 22.6 Å². The number of hydrogen-bond acceptors (Lipinski definition) is 12. The quantitative estimate of drug-likeness (QED) is 0.0983. The fourth-order valence-electron chi connectivity index (χ4n) is 8.75. The molecule has 10 rings (SSSR count). The number of hydrogen-bond donors (Lipinski definition) is 2. The van der Waals surface area contributed by atoms with Crippen molar-refractivity contribution in [1.82, 2.24) is 9.80 Å². The van der Waals surface area contributed by atoms with E-state index in [4.69, 9.17) is 38.5 Å². The second-order valence-electron chi connectivity index (χ2n) is 17.8. The third-order valence-corrected chi connectivity index (χ3v) is 13.4. The third kappa shape index (κ3) is 13.5. The minimum Gasteiger partial charge on any atom is -0.465 e. The predicted molar refractivity (Wildman–Crippen MR) is 284 cm³/mol. The lowest BCUT2D eigenvalue weighted by atomic mass is 9.80. The maximum Gasteiger partial charge on any atom is 0.488 e. The largest absolute Gasteiger partial charge is 0.488 e. The van der Waals surface area contributed by atoms with E-state index in [1.165, 1.54) is 20.6 Å². The minimum absolute atomic E-state index is 0.00225. The van der Waals surface area contributed by atoms with Gasteiger partial charge in [0.1, 0.15) is 0 Å². The molecule has 16 nitrogen and oxygen atoms in total. The van der Waals surface area contributed by atoms with Crippen LogP contribution in [0.1, 0.15) is 70.4 Å². The van der Waals surface area contributed by atoms with Crippen molar-refractivity contribution < 1.29 is 57.6 Å². The van der Waals surface area contributed by atoms with Crippen LogP contribution in [0.5, 0.6) is 23.0 Å². The van der Waals surface area contributed by atoms with Gasteiger partial charge in [0.05, 0.1) is 38.4 Å². The Morgan fingerprint density at radius 1 is 0.514 bits per heavy atom. The van der Waals surface area contributed by atoms with E-state index < -0.39 is 7.12 Å². The number of anilines is 2. The van der Waals surface area contributed by atoms with Gasteiger partial charge >= 0.3 is 31.1 Å². The lowest BCUT2D eigenvalue weighted by Crippen LogP contribution is -2.45. The van der Waals surface area contributed by atoms with Crippen molar-refractivity contribution in [2.24, 2.45) is 0 Å². The van der Waals surface area contributed by atoms with E-state index in [-0.39, 0.29) is 37.6 Å². The zero-order valence-electron chi connectivity index (χ0n) is 41.3. The topological polar surface area (TPSA) is 177 Å². The van der Waals surface area contributed by atoms with E-state index in [0.29, 0.717) is 41.2 Å². The highest BCUT2D eigenvalue weighted by molar-refractivity contribution is 9.10. The molecule has 2 fully saturated rings. The number of piperidine rings is 2. The van der Waals surface area contributed by atoms with Crippen LogP contribution in [0, 0.1) is 0 Å². The molecular weight excluding hydrogens is 1010 g/mol. The predicted octanol–water partition coefficient (Wildman–Crippen LogP) is 9.42. The molecule has 6 aromatic rings. The molecule has 0 radical (unpaired) electrons. The number of methoxy groups -OCH3 is 2. The van der Waals surface area contributed by atoms with E-state index in [1.54, 1.807) is 47.4 Å². The number of halogens is 1. The number of fused-ring (bicyclic) bond motifs is 2. The fourth-order valence-corrected chi connectivity index (χ4v) is 9.01. The van der Waals surface area contributed by atoms with Gasteiger partial charge < -0.3 is 48.3 Å². The fraction of sp³-hybridized carbons (Fsp3) is 0.286. The highest BCUT2D eigenvalue weighted by Gasteiger charge is 2.27. The Bertz CT molecular complexity index is 2860. The molecule has 0 spiro atoms. The number of esters is 2. The maximum absolute atomic E-state index is 13.6. The van der Waals surface area contributed by atoms with Crippen LogP contribution >= 0.6 is 15.9 Å². The number of ether oxygens (including phenoxy) is 6. The average molecular weight is 1070 g/mol. The van der Waals surface area contributed by atoms with Crippen molar-refractivity contribution in [1.29, 1.82) is 0 Å². The normalized spacial score (nSPS) is 14.1. The molecule has 2 saturated heterocycles. The Balaban J connectivity index is 0.000000164. The summed E-state index contributed by atoms with van der Waals surface area (Å²) in [6.45, 7) is 4.42. The molecule has 74 heavy (non-hydrogen) atoms. The molecule has 18 heteroatoms. The van der Waals surface area contributed by atoms with Crippen LogP contribution in [0.3, 0.4) is 0 Å². The first kappa shape index (κ1) is 52.8. The van der Waals surface area contributed by atoms with Gasteiger partial charge in [0, 0.05) is 42.0 Å². The molecule has 384 valence electrons. The van der Waals surface area contributed by atoms with Crippen LogP contribution in [0.4, 0.5) is 21.0 Å². The molecule has 0 bridgehead atoms. The summed E-state index contributed by atoms with van der Waals surface area (Å²) in [5, 5.41) is 17.6. The van der Waals surface area contributed by atoms with E-state index in [2.05, 4.69) is 15.9 Å². The summed E-state index contributed by atoms with van der Waals surface area (Å²) in [6, 6.07) is 40.8. The van der Waals surface area contributed by atoms with Crippen molar-refractivity contribution >= 4 is 63.9 Å². The SMILES string of the molecule is COC(=O)c1ccc(CN(C(=O)N2CCCCC2)c2ccc(-c3ccc4c(c3)OCO4)cc2)cc1.COC(=O)c1ccc(CN(C(=O)N2CCCCC2)c2ccc(Br)cc2)cc1.OB(O)c1ccc2c(c1)OCO2. The summed E-state index contributed by atoms with van der Waals surface area (Å²) in [6.07, 6.45) is 6.48. The van der Waals surface area contributed by atoms with Gasteiger partial charge in [0.15, 0.2) is 23.0 Å². The summed E-state index contributed by atoms with van der Waals surface area (Å²) < 4.78 is 31.5. The van der Waals surface area contributed by atoms with Crippen molar-refractivity contribution in [2.45, 2.75) is 51.6 Å². The van der Waals surface area contributed by atoms with Crippen LogP contribution in [-0.4, -0.2) is 105 Å². The van der Waals surface area contributed by atoms with Crippen molar-refractivity contribution in [3.05, 3.63) is 160 Å². The molecule has 6 aromatic carbocycles. The van der Waals surface area contributed by atoms with Gasteiger partial charge in [-0.3, -0.25) is 9.80 Å². The zero-order chi connectivity index (χ0) is 52.0. The number of amides is 4. The van der Waals surface area contributed by atoms with Crippen molar-refractivity contribution in [3.63, 3.8) is 0 Å². The molecule has 0 aliphatic carbocycles. The summed E-state index contributed by atoms with van der Waals surface area (Å²) in [5.74, 6) is 1.94. The summed E-state index contributed by atoms with van der Waals surface area (Å²) >= 11 is 3.45. The van der Waals surface area contributed by atoms with Gasteiger partial charge in [0.25, 0.3) is 0 Å². The van der Waals surface area contributed by atoms with E-state index >= 15 is 0 Å². The van der Waals surface area contributed by atoms with Gasteiger partial charge in [-0.15, -0.1) is 0 Å². The van der Waals surface area contributed by atoms with Crippen molar-refractivity contribution in [3.8, 4) is 34.1 Å². The molecule has 4 aliphatic heterocycles. The smallest absolute Gasteiger partial charge is 0.465 e. The highest BCUT2D eigenvalue weighted by atomic mass is 79.9. The van der Waals surface area contributed by atoms with Crippen LogP contribution < -0.4 is 34.2 Å². The number of carbonyl (C=O) groups excluding carboxylic acids is 4. The Hall–Kier alpha value is -7.54. The maximum atomic E-state index is 13.6. The number of carbonyl (C=O) groups is 4. The molecule has 0 unspecified atom stereocenters. The Morgan fingerprint density at radius 3 is 1.36 bits per heavy atom. The summed E-state index contributed by atoms with van der Waals surface area (Å²) in [5.41, 5.74) is 7.00. The minimum atomic E-state index is -1.46. The van der Waals surface area contributed by atoms with Crippen molar-refractivity contribution in [2.75, 3.05) is 63.8 Å². The lowest BCUT2D eigenvalue weighted by Gasteiger charge is -2.33. The third-order valence-electron chi connectivity index (χ3n) is 12.9. The summed E-state index contributed by atoms with van der Waals surface area (Å²) in [7, 11) is 1.27. The highest BCUT2D eigenvalue weighted by Crippen LogP contribution is 2.37. The number of urea groups is 2. The second-order valence-corrected chi connectivity index (χ2v) is 18.7. The molecule has 0 atom stereocenters. The number of benzene rings is 6. The molecule has 4 aliphatic rings. The molecule has 0 aromatic heterocycles. The van der Waals surface area contributed by atoms with Crippen LogP contribution in [0.25, 0.3) is 11.1 Å². The van der Waals surface area contributed by atoms with Gasteiger partial charge in [-0.2, -0.15) is 0 Å². The Kier molecular flexibility index (Phi) is 18.1. The van der Waals surface area contributed by atoms with E-state index in [9.17, 15) is 19.2 Å². The van der Waals surface area contributed by atoms with Gasteiger partial charge in [0.2, 0.25) is 13.6 Å². The number of rotatable bonds is 10.